The molecular formula is C9H6BrIN2O. The number of aromatic nitrogens is 2. The molecule has 0 fully saturated rings. The lowest BCUT2D eigenvalue weighted by molar-refractivity contribution is 0.285. The van der Waals surface area contributed by atoms with Gasteiger partial charge < -0.3 is 9.30 Å². The minimum atomic E-state index is 0.727. The maximum absolute atomic E-state index is 5.60. The zero-order chi connectivity index (χ0) is 9.71. The number of rotatable bonds is 0. The maximum atomic E-state index is 5.60. The Kier molecular flexibility index (Phi) is 1.98. The minimum absolute atomic E-state index is 0.727. The van der Waals surface area contributed by atoms with Crippen molar-refractivity contribution in [2.45, 2.75) is 6.54 Å². The molecule has 2 heterocycles. The number of hydrogen-bond donors (Lipinski definition) is 0. The van der Waals surface area contributed by atoms with Gasteiger partial charge in [-0.25, -0.2) is 4.98 Å². The number of nitrogens with zero attached hydrogens (tertiary/aromatic N) is 2. The van der Waals surface area contributed by atoms with E-state index in [0.717, 1.165) is 38.2 Å². The van der Waals surface area contributed by atoms with Crippen molar-refractivity contribution in [1.82, 2.24) is 9.55 Å². The molecule has 0 aliphatic carbocycles. The molecule has 0 spiro atoms. The lowest BCUT2D eigenvalue weighted by Gasteiger charge is -2.16. The molecular weight excluding hydrogens is 359 g/mol. The van der Waals surface area contributed by atoms with E-state index >= 15 is 0 Å². The van der Waals surface area contributed by atoms with Crippen molar-refractivity contribution in [1.29, 1.82) is 0 Å². The SMILES string of the molecule is Brc1cc2c3c(c1)nc(I)n3CCO2. The first kappa shape index (κ1) is 8.96. The number of halogens is 2. The fraction of sp³-hybridized carbons (Fsp3) is 0.222. The lowest BCUT2D eigenvalue weighted by atomic mass is 10.2. The molecule has 14 heavy (non-hydrogen) atoms. The Labute approximate surface area is 103 Å². The van der Waals surface area contributed by atoms with Gasteiger partial charge in [-0.1, -0.05) is 15.9 Å². The second-order valence-electron chi connectivity index (χ2n) is 3.15. The lowest BCUT2D eigenvalue weighted by Crippen LogP contribution is -2.14. The van der Waals surface area contributed by atoms with Gasteiger partial charge in [0.2, 0.25) is 0 Å². The van der Waals surface area contributed by atoms with Crippen LogP contribution < -0.4 is 4.74 Å². The van der Waals surface area contributed by atoms with E-state index in [1.165, 1.54) is 0 Å². The topological polar surface area (TPSA) is 27.1 Å². The fourth-order valence-corrected chi connectivity index (χ4v) is 2.90. The third-order valence-corrected chi connectivity index (χ3v) is 3.58. The van der Waals surface area contributed by atoms with Crippen molar-refractivity contribution < 1.29 is 4.74 Å². The van der Waals surface area contributed by atoms with E-state index in [9.17, 15) is 0 Å². The van der Waals surface area contributed by atoms with Crippen molar-refractivity contribution in [2.24, 2.45) is 0 Å². The highest BCUT2D eigenvalue weighted by Gasteiger charge is 2.18. The van der Waals surface area contributed by atoms with Gasteiger partial charge in [-0.05, 0) is 34.7 Å². The highest BCUT2D eigenvalue weighted by atomic mass is 127. The number of ether oxygens (including phenoxy) is 1. The van der Waals surface area contributed by atoms with Crippen LogP contribution in [0.1, 0.15) is 0 Å². The Bertz CT molecular complexity index is 523. The Morgan fingerprint density at radius 1 is 1.50 bits per heavy atom. The van der Waals surface area contributed by atoms with Crippen LogP contribution >= 0.6 is 38.5 Å². The van der Waals surface area contributed by atoms with Gasteiger partial charge in [0, 0.05) is 4.47 Å². The van der Waals surface area contributed by atoms with Gasteiger partial charge in [0.25, 0.3) is 0 Å². The molecule has 0 saturated carbocycles. The monoisotopic (exact) mass is 364 g/mol. The van der Waals surface area contributed by atoms with E-state index in [-0.39, 0.29) is 0 Å². The van der Waals surface area contributed by atoms with Gasteiger partial charge in [-0.15, -0.1) is 0 Å². The average Bonchev–Trinajstić information content (AvgIpc) is 2.45. The van der Waals surface area contributed by atoms with Crippen LogP contribution in [0.2, 0.25) is 0 Å². The molecule has 0 N–H and O–H groups in total. The van der Waals surface area contributed by atoms with Gasteiger partial charge >= 0.3 is 0 Å². The number of imidazole rings is 1. The molecule has 72 valence electrons. The Morgan fingerprint density at radius 3 is 3.21 bits per heavy atom. The molecule has 1 aromatic heterocycles. The molecule has 0 atom stereocenters. The summed E-state index contributed by atoms with van der Waals surface area (Å²) in [7, 11) is 0. The molecule has 0 saturated heterocycles. The predicted octanol–water partition coefficient (Wildman–Crippen LogP) is 2.80. The second-order valence-corrected chi connectivity index (χ2v) is 5.03. The highest BCUT2D eigenvalue weighted by Crippen LogP contribution is 2.33. The van der Waals surface area contributed by atoms with E-state index in [1.54, 1.807) is 0 Å². The fourth-order valence-electron chi connectivity index (χ4n) is 1.73. The van der Waals surface area contributed by atoms with Crippen LogP contribution in [0.25, 0.3) is 11.0 Å². The third kappa shape index (κ3) is 1.18. The quantitative estimate of drug-likeness (QED) is 0.672. The molecule has 0 bridgehead atoms. The summed E-state index contributed by atoms with van der Waals surface area (Å²) in [5.41, 5.74) is 2.11. The minimum Gasteiger partial charge on any atom is -0.489 e. The summed E-state index contributed by atoms with van der Waals surface area (Å²) < 4.78 is 9.84. The average molecular weight is 365 g/mol. The summed E-state index contributed by atoms with van der Waals surface area (Å²) >= 11 is 5.71. The van der Waals surface area contributed by atoms with E-state index in [1.807, 2.05) is 12.1 Å². The largest absolute Gasteiger partial charge is 0.489 e. The molecule has 5 heteroatoms. The number of benzene rings is 1. The standard InChI is InChI=1S/C9H6BrIN2O/c10-5-3-6-8-7(4-5)14-2-1-13(8)9(11)12-6/h3-4H,1-2H2. The second kappa shape index (κ2) is 3.10. The molecule has 0 amide bonds. The smallest absolute Gasteiger partial charge is 0.172 e. The van der Waals surface area contributed by atoms with Crippen LogP contribution in [-0.2, 0) is 6.54 Å². The van der Waals surface area contributed by atoms with Crippen LogP contribution in [0.3, 0.4) is 0 Å². The van der Waals surface area contributed by atoms with E-state index in [2.05, 4.69) is 48.1 Å². The van der Waals surface area contributed by atoms with Gasteiger partial charge in [0.05, 0.1) is 12.1 Å². The molecule has 3 nitrogen and oxygen atoms in total. The summed E-state index contributed by atoms with van der Waals surface area (Å²) in [4.78, 5) is 4.49. The first-order valence-corrected chi connectivity index (χ1v) is 6.11. The number of hydrogen-bond acceptors (Lipinski definition) is 2. The molecule has 1 aromatic carbocycles. The van der Waals surface area contributed by atoms with Crippen molar-refractivity contribution in [2.75, 3.05) is 6.61 Å². The maximum Gasteiger partial charge on any atom is 0.172 e. The normalized spacial score (nSPS) is 14.4. The predicted molar refractivity (Wildman–Crippen MR) is 65.6 cm³/mol. The highest BCUT2D eigenvalue weighted by molar-refractivity contribution is 14.1. The van der Waals surface area contributed by atoms with Crippen molar-refractivity contribution in [3.05, 3.63) is 20.4 Å². The van der Waals surface area contributed by atoms with Crippen LogP contribution in [0.4, 0.5) is 0 Å². The van der Waals surface area contributed by atoms with Crippen molar-refractivity contribution >= 4 is 49.6 Å². The van der Waals surface area contributed by atoms with Crippen molar-refractivity contribution in [3.63, 3.8) is 0 Å². The van der Waals surface area contributed by atoms with Gasteiger partial charge in [-0.3, -0.25) is 0 Å². The van der Waals surface area contributed by atoms with Gasteiger partial charge in [-0.2, -0.15) is 0 Å². The molecule has 2 aromatic rings. The summed E-state index contributed by atoms with van der Waals surface area (Å²) in [6.07, 6.45) is 0. The summed E-state index contributed by atoms with van der Waals surface area (Å²) in [5.74, 6) is 0.927. The molecule has 1 aliphatic rings. The van der Waals surface area contributed by atoms with Crippen LogP contribution in [0, 0.1) is 3.83 Å². The van der Waals surface area contributed by atoms with Gasteiger partial charge in [0.15, 0.2) is 3.83 Å². The van der Waals surface area contributed by atoms with E-state index < -0.39 is 0 Å². The zero-order valence-corrected chi connectivity index (χ0v) is 10.9. The summed E-state index contributed by atoms with van der Waals surface area (Å²) in [6.45, 7) is 1.62. The van der Waals surface area contributed by atoms with E-state index in [0.29, 0.717) is 0 Å². The summed E-state index contributed by atoms with van der Waals surface area (Å²) in [5, 5.41) is 0. The first-order chi connectivity index (χ1) is 6.75. The third-order valence-electron chi connectivity index (χ3n) is 2.30. The van der Waals surface area contributed by atoms with Crippen LogP contribution in [-0.4, -0.2) is 16.2 Å². The van der Waals surface area contributed by atoms with Gasteiger partial charge in [0.1, 0.15) is 17.9 Å². The zero-order valence-electron chi connectivity index (χ0n) is 7.13. The Balaban J connectivity index is 2.48. The Hall–Kier alpha value is -0.300. The molecule has 3 rings (SSSR count). The summed E-state index contributed by atoms with van der Waals surface area (Å²) in [6, 6.07) is 4.02. The van der Waals surface area contributed by atoms with Crippen LogP contribution in [0.5, 0.6) is 5.75 Å². The Morgan fingerprint density at radius 2 is 2.36 bits per heavy atom. The molecule has 1 aliphatic heterocycles. The first-order valence-electron chi connectivity index (χ1n) is 4.24. The molecule has 0 radical (unpaired) electrons. The molecule has 0 unspecified atom stereocenters. The van der Waals surface area contributed by atoms with Crippen molar-refractivity contribution in [3.8, 4) is 5.75 Å². The van der Waals surface area contributed by atoms with Crippen LogP contribution in [0.15, 0.2) is 16.6 Å². The van der Waals surface area contributed by atoms with E-state index in [4.69, 9.17) is 4.74 Å².